The number of amides is 1. The normalized spacial score (nSPS) is 15.3. The Labute approximate surface area is 152 Å². The number of benzene rings is 2. The van der Waals surface area contributed by atoms with Gasteiger partial charge < -0.3 is 5.32 Å². The van der Waals surface area contributed by atoms with E-state index < -0.39 is 10.0 Å². The maximum absolute atomic E-state index is 12.6. The average molecular weight is 379 g/mol. The summed E-state index contributed by atoms with van der Waals surface area (Å²) < 4.78 is 26.7. The number of anilines is 1. The number of sulfonamides is 1. The minimum atomic E-state index is -3.55. The molecular weight excluding hydrogens is 360 g/mol. The van der Waals surface area contributed by atoms with Crippen LogP contribution in [0.25, 0.3) is 0 Å². The van der Waals surface area contributed by atoms with Gasteiger partial charge in [-0.3, -0.25) is 4.79 Å². The second-order valence-electron chi connectivity index (χ2n) is 6.06. The molecule has 0 aromatic heterocycles. The molecule has 1 heterocycles. The van der Waals surface area contributed by atoms with Crippen molar-refractivity contribution in [3.05, 3.63) is 58.6 Å². The Balaban J connectivity index is 1.83. The Bertz CT molecular complexity index is 906. The molecule has 7 heteroatoms. The molecule has 0 spiro atoms. The van der Waals surface area contributed by atoms with Gasteiger partial charge in [-0.25, -0.2) is 8.42 Å². The molecule has 1 fully saturated rings. The van der Waals surface area contributed by atoms with Crippen LogP contribution >= 0.6 is 11.6 Å². The van der Waals surface area contributed by atoms with Crippen LogP contribution in [0.15, 0.2) is 47.4 Å². The Morgan fingerprint density at radius 2 is 1.84 bits per heavy atom. The summed E-state index contributed by atoms with van der Waals surface area (Å²) >= 11 is 6.06. The number of rotatable bonds is 4. The zero-order chi connectivity index (χ0) is 18.0. The van der Waals surface area contributed by atoms with Crippen molar-refractivity contribution in [2.45, 2.75) is 24.7 Å². The first kappa shape index (κ1) is 17.9. The molecule has 0 unspecified atom stereocenters. The van der Waals surface area contributed by atoms with Crippen molar-refractivity contribution in [2.24, 2.45) is 0 Å². The zero-order valence-electron chi connectivity index (χ0n) is 13.8. The molecule has 0 atom stereocenters. The highest BCUT2D eigenvalue weighted by Crippen LogP contribution is 2.23. The Morgan fingerprint density at radius 1 is 1.12 bits per heavy atom. The molecule has 0 saturated carbocycles. The standard InChI is InChI=1S/C18H19ClN2O3S/c1-13-7-8-15(12-17(13)19)20-18(22)14-5-4-6-16(11-14)25(23,24)21-9-2-3-10-21/h4-8,11-12H,2-3,9-10H2,1H3,(H,20,22). The molecule has 0 bridgehead atoms. The Kier molecular flexibility index (Phi) is 5.13. The number of carbonyl (C=O) groups excluding carboxylic acids is 1. The second-order valence-corrected chi connectivity index (χ2v) is 8.40. The molecule has 1 aliphatic rings. The summed E-state index contributed by atoms with van der Waals surface area (Å²) in [6, 6.07) is 11.3. The van der Waals surface area contributed by atoms with Crippen molar-refractivity contribution in [1.82, 2.24) is 4.31 Å². The maximum atomic E-state index is 12.6. The predicted octanol–water partition coefficient (Wildman–Crippen LogP) is 3.69. The number of nitrogens with one attached hydrogen (secondary N) is 1. The van der Waals surface area contributed by atoms with Gasteiger partial charge in [0.25, 0.3) is 5.91 Å². The lowest BCUT2D eigenvalue weighted by atomic mass is 10.2. The van der Waals surface area contributed by atoms with Crippen molar-refractivity contribution >= 4 is 33.2 Å². The minimum Gasteiger partial charge on any atom is -0.322 e. The molecular formula is C18H19ClN2O3S. The van der Waals surface area contributed by atoms with Crippen LogP contribution in [-0.4, -0.2) is 31.7 Å². The summed E-state index contributed by atoms with van der Waals surface area (Å²) in [5, 5.41) is 3.30. The molecule has 0 radical (unpaired) electrons. The smallest absolute Gasteiger partial charge is 0.255 e. The zero-order valence-corrected chi connectivity index (χ0v) is 15.4. The first-order chi connectivity index (χ1) is 11.9. The van der Waals surface area contributed by atoms with Crippen molar-refractivity contribution < 1.29 is 13.2 Å². The fourth-order valence-corrected chi connectivity index (χ4v) is 4.49. The van der Waals surface area contributed by atoms with Crippen LogP contribution in [0.4, 0.5) is 5.69 Å². The summed E-state index contributed by atoms with van der Waals surface area (Å²) in [4.78, 5) is 12.6. The minimum absolute atomic E-state index is 0.143. The van der Waals surface area contributed by atoms with Gasteiger partial charge in [-0.2, -0.15) is 4.31 Å². The number of hydrogen-bond donors (Lipinski definition) is 1. The van der Waals surface area contributed by atoms with Crippen molar-refractivity contribution in [1.29, 1.82) is 0 Å². The molecule has 132 valence electrons. The first-order valence-electron chi connectivity index (χ1n) is 8.05. The van der Waals surface area contributed by atoms with Crippen LogP contribution in [0.2, 0.25) is 5.02 Å². The molecule has 1 saturated heterocycles. The summed E-state index contributed by atoms with van der Waals surface area (Å²) in [6.07, 6.45) is 1.74. The van der Waals surface area contributed by atoms with Crippen molar-refractivity contribution in [3.63, 3.8) is 0 Å². The quantitative estimate of drug-likeness (QED) is 0.882. The van der Waals surface area contributed by atoms with Gasteiger partial charge in [0.1, 0.15) is 0 Å². The van der Waals surface area contributed by atoms with Gasteiger partial charge in [-0.1, -0.05) is 23.7 Å². The van der Waals surface area contributed by atoms with Gasteiger partial charge >= 0.3 is 0 Å². The lowest BCUT2D eigenvalue weighted by molar-refractivity contribution is 0.102. The first-order valence-corrected chi connectivity index (χ1v) is 9.87. The van der Waals surface area contributed by atoms with Gasteiger partial charge in [0, 0.05) is 29.4 Å². The summed E-state index contributed by atoms with van der Waals surface area (Å²) in [6.45, 7) is 2.93. The van der Waals surface area contributed by atoms with Gasteiger partial charge in [-0.15, -0.1) is 0 Å². The molecule has 0 aliphatic carbocycles. The molecule has 1 amide bonds. The lowest BCUT2D eigenvalue weighted by Crippen LogP contribution is -2.28. The topological polar surface area (TPSA) is 66.5 Å². The molecule has 1 aliphatic heterocycles. The van der Waals surface area contributed by atoms with E-state index in [2.05, 4.69) is 5.32 Å². The fraction of sp³-hybridized carbons (Fsp3) is 0.278. The average Bonchev–Trinajstić information content (AvgIpc) is 3.14. The molecule has 3 rings (SSSR count). The van der Waals surface area contributed by atoms with Gasteiger partial charge in [0.05, 0.1) is 4.90 Å². The monoisotopic (exact) mass is 378 g/mol. The van der Waals surface area contributed by atoms with Gasteiger partial charge in [-0.05, 0) is 55.7 Å². The highest BCUT2D eigenvalue weighted by molar-refractivity contribution is 7.89. The van der Waals surface area contributed by atoms with E-state index in [1.807, 2.05) is 13.0 Å². The lowest BCUT2D eigenvalue weighted by Gasteiger charge is -2.16. The van der Waals surface area contributed by atoms with Crippen LogP contribution in [-0.2, 0) is 10.0 Å². The molecule has 5 nitrogen and oxygen atoms in total. The molecule has 1 N–H and O–H groups in total. The van der Waals surface area contributed by atoms with E-state index in [4.69, 9.17) is 11.6 Å². The third-order valence-electron chi connectivity index (χ3n) is 4.23. The van der Waals surface area contributed by atoms with Crippen molar-refractivity contribution in [3.8, 4) is 0 Å². The van der Waals surface area contributed by atoms with E-state index >= 15 is 0 Å². The number of aryl methyl sites for hydroxylation is 1. The highest BCUT2D eigenvalue weighted by Gasteiger charge is 2.27. The van der Waals surface area contributed by atoms with Crippen molar-refractivity contribution in [2.75, 3.05) is 18.4 Å². The van der Waals surface area contributed by atoms with Gasteiger partial charge in [0.2, 0.25) is 10.0 Å². The van der Waals surface area contributed by atoms with E-state index in [0.29, 0.717) is 23.8 Å². The predicted molar refractivity (Wildman–Crippen MR) is 98.6 cm³/mol. The molecule has 25 heavy (non-hydrogen) atoms. The maximum Gasteiger partial charge on any atom is 0.255 e. The third kappa shape index (κ3) is 3.86. The Morgan fingerprint density at radius 3 is 2.52 bits per heavy atom. The number of hydrogen-bond acceptors (Lipinski definition) is 3. The van der Waals surface area contributed by atoms with Crippen LogP contribution in [0.1, 0.15) is 28.8 Å². The van der Waals surface area contributed by atoms with E-state index in [-0.39, 0.29) is 16.4 Å². The SMILES string of the molecule is Cc1ccc(NC(=O)c2cccc(S(=O)(=O)N3CCCC3)c2)cc1Cl. The van der Waals surface area contributed by atoms with E-state index in [1.165, 1.54) is 16.4 Å². The van der Waals surface area contributed by atoms with Crippen LogP contribution in [0.5, 0.6) is 0 Å². The van der Waals surface area contributed by atoms with Crippen LogP contribution in [0, 0.1) is 6.92 Å². The van der Waals surface area contributed by atoms with E-state index in [0.717, 1.165) is 18.4 Å². The Hall–Kier alpha value is -1.89. The largest absolute Gasteiger partial charge is 0.322 e. The van der Waals surface area contributed by atoms with Crippen LogP contribution in [0.3, 0.4) is 0 Å². The third-order valence-corrected chi connectivity index (χ3v) is 6.53. The highest BCUT2D eigenvalue weighted by atomic mass is 35.5. The van der Waals surface area contributed by atoms with E-state index in [9.17, 15) is 13.2 Å². The summed E-state index contributed by atoms with van der Waals surface area (Å²) in [5.74, 6) is -0.376. The number of nitrogens with zero attached hydrogens (tertiary/aromatic N) is 1. The van der Waals surface area contributed by atoms with Gasteiger partial charge in [0.15, 0.2) is 0 Å². The number of halogens is 1. The molecule has 2 aromatic carbocycles. The van der Waals surface area contributed by atoms with Crippen LogP contribution < -0.4 is 5.32 Å². The second kappa shape index (κ2) is 7.15. The number of carbonyl (C=O) groups is 1. The fourth-order valence-electron chi connectivity index (χ4n) is 2.75. The van der Waals surface area contributed by atoms with E-state index in [1.54, 1.807) is 24.3 Å². The molecule has 2 aromatic rings. The summed E-state index contributed by atoms with van der Waals surface area (Å²) in [7, 11) is -3.55. The summed E-state index contributed by atoms with van der Waals surface area (Å²) in [5.41, 5.74) is 1.77.